The molecular weight excluding hydrogens is 259 g/mol. The van der Waals surface area contributed by atoms with Gasteiger partial charge in [-0.3, -0.25) is 0 Å². The molecule has 0 saturated heterocycles. The van der Waals surface area contributed by atoms with Gasteiger partial charge < -0.3 is 15.6 Å². The van der Waals surface area contributed by atoms with E-state index < -0.39 is 17.3 Å². The van der Waals surface area contributed by atoms with E-state index in [0.717, 1.165) is 18.9 Å². The minimum absolute atomic E-state index is 0.121. The third-order valence-corrected chi connectivity index (χ3v) is 3.37. The van der Waals surface area contributed by atoms with E-state index in [-0.39, 0.29) is 24.9 Å². The zero-order valence-electron chi connectivity index (χ0n) is 10.3. The molecule has 106 valence electrons. The average molecular weight is 275 g/mol. The number of rotatable bonds is 5. The molecule has 0 amide bonds. The van der Waals surface area contributed by atoms with Gasteiger partial charge in [-0.25, -0.2) is 0 Å². The summed E-state index contributed by atoms with van der Waals surface area (Å²) < 4.78 is 43.5. The van der Waals surface area contributed by atoms with Crippen LogP contribution in [0.4, 0.5) is 13.2 Å². The molecule has 3 nitrogen and oxygen atoms in total. The van der Waals surface area contributed by atoms with Crippen LogP contribution in [-0.4, -0.2) is 23.9 Å². The summed E-state index contributed by atoms with van der Waals surface area (Å²) in [6.07, 6.45) is -2.71. The van der Waals surface area contributed by atoms with Crippen molar-refractivity contribution in [3.63, 3.8) is 0 Å². The molecule has 0 aliphatic heterocycles. The summed E-state index contributed by atoms with van der Waals surface area (Å²) in [7, 11) is 0. The number of alkyl halides is 3. The summed E-state index contributed by atoms with van der Waals surface area (Å²) in [5.41, 5.74) is 4.17. The molecule has 1 unspecified atom stereocenters. The Morgan fingerprint density at radius 2 is 1.89 bits per heavy atom. The van der Waals surface area contributed by atoms with Crippen LogP contribution >= 0.6 is 0 Å². The second-order valence-electron chi connectivity index (χ2n) is 4.95. The molecule has 19 heavy (non-hydrogen) atoms. The number of aliphatic hydroxyl groups excluding tert-OH is 1. The number of para-hydroxylation sites is 1. The molecule has 1 aromatic rings. The van der Waals surface area contributed by atoms with E-state index in [1.807, 2.05) is 0 Å². The third kappa shape index (κ3) is 3.19. The molecule has 0 aromatic heterocycles. The Bertz CT molecular complexity index is 446. The van der Waals surface area contributed by atoms with Crippen LogP contribution in [0, 0.1) is 5.92 Å². The Labute approximate surface area is 109 Å². The van der Waals surface area contributed by atoms with Crippen molar-refractivity contribution in [1.82, 2.24) is 0 Å². The minimum Gasteiger partial charge on any atom is -0.491 e. The van der Waals surface area contributed by atoms with Crippen LogP contribution in [0.2, 0.25) is 0 Å². The summed E-state index contributed by atoms with van der Waals surface area (Å²) in [5, 5.41) is 9.28. The molecule has 2 rings (SSSR count). The molecule has 1 atom stereocenters. The summed E-state index contributed by atoms with van der Waals surface area (Å²) in [6.45, 7) is -0.424. The van der Waals surface area contributed by atoms with Crippen LogP contribution < -0.4 is 10.5 Å². The van der Waals surface area contributed by atoms with Crippen molar-refractivity contribution < 1.29 is 23.0 Å². The fraction of sp³-hybridized carbons (Fsp3) is 0.538. The van der Waals surface area contributed by atoms with Crippen LogP contribution in [0.1, 0.15) is 18.4 Å². The number of benzene rings is 1. The van der Waals surface area contributed by atoms with Gasteiger partial charge >= 0.3 is 6.18 Å². The average Bonchev–Trinajstić information content (AvgIpc) is 3.20. The van der Waals surface area contributed by atoms with Gasteiger partial charge in [0, 0.05) is 0 Å². The molecule has 0 heterocycles. The van der Waals surface area contributed by atoms with Gasteiger partial charge in [0.05, 0.1) is 17.7 Å². The van der Waals surface area contributed by atoms with E-state index in [4.69, 9.17) is 10.5 Å². The second-order valence-corrected chi connectivity index (χ2v) is 4.95. The molecule has 1 aromatic carbocycles. The fourth-order valence-electron chi connectivity index (χ4n) is 1.99. The van der Waals surface area contributed by atoms with Crippen molar-refractivity contribution in [2.45, 2.75) is 24.6 Å². The van der Waals surface area contributed by atoms with E-state index >= 15 is 0 Å². The largest absolute Gasteiger partial charge is 0.491 e. The van der Waals surface area contributed by atoms with E-state index in [9.17, 15) is 18.3 Å². The quantitative estimate of drug-likeness (QED) is 0.866. The van der Waals surface area contributed by atoms with Crippen LogP contribution in [0.5, 0.6) is 5.75 Å². The third-order valence-electron chi connectivity index (χ3n) is 3.37. The van der Waals surface area contributed by atoms with Gasteiger partial charge in [-0.05, 0) is 30.9 Å². The predicted octanol–water partition coefficient (Wildman–Crippen LogP) is 2.18. The minimum atomic E-state index is -4.47. The molecule has 0 radical (unpaired) electrons. The highest BCUT2D eigenvalue weighted by Gasteiger charge is 2.43. The lowest BCUT2D eigenvalue weighted by Crippen LogP contribution is -2.51. The van der Waals surface area contributed by atoms with Crippen LogP contribution in [0.15, 0.2) is 24.3 Å². The normalized spacial score (nSPS) is 19.0. The number of nitrogens with two attached hydrogens (primary N) is 1. The van der Waals surface area contributed by atoms with Gasteiger partial charge in [-0.2, -0.15) is 13.2 Å². The van der Waals surface area contributed by atoms with E-state index in [1.165, 1.54) is 18.2 Å². The molecular formula is C13H16F3NO2. The number of hydrogen-bond donors (Lipinski definition) is 2. The molecule has 1 saturated carbocycles. The lowest BCUT2D eigenvalue weighted by atomic mass is 9.97. The summed E-state index contributed by atoms with van der Waals surface area (Å²) in [4.78, 5) is 0. The first-order chi connectivity index (χ1) is 8.87. The Morgan fingerprint density at radius 1 is 1.26 bits per heavy atom. The maximum atomic E-state index is 12.8. The summed E-state index contributed by atoms with van der Waals surface area (Å²) in [5.74, 6) is -0.130. The Kier molecular flexibility index (Phi) is 3.73. The topological polar surface area (TPSA) is 55.5 Å². The maximum absolute atomic E-state index is 12.8. The van der Waals surface area contributed by atoms with Gasteiger partial charge in [-0.15, -0.1) is 0 Å². The first-order valence-electron chi connectivity index (χ1n) is 6.05. The van der Waals surface area contributed by atoms with Gasteiger partial charge in [0.2, 0.25) is 0 Å². The molecule has 6 heteroatoms. The lowest BCUT2D eigenvalue weighted by molar-refractivity contribution is -0.139. The predicted molar refractivity (Wildman–Crippen MR) is 63.7 cm³/mol. The van der Waals surface area contributed by atoms with Crippen molar-refractivity contribution in [3.05, 3.63) is 29.8 Å². The molecule has 1 aliphatic carbocycles. The summed E-state index contributed by atoms with van der Waals surface area (Å²) >= 11 is 0. The lowest BCUT2D eigenvalue weighted by Gasteiger charge is -2.27. The monoisotopic (exact) mass is 275 g/mol. The summed E-state index contributed by atoms with van der Waals surface area (Å²) in [6, 6.07) is 4.99. The van der Waals surface area contributed by atoms with E-state index in [0.29, 0.717) is 0 Å². The highest BCUT2D eigenvalue weighted by atomic mass is 19.4. The highest BCUT2D eigenvalue weighted by molar-refractivity contribution is 5.35. The zero-order chi connectivity index (χ0) is 14.1. The molecule has 1 fully saturated rings. The Balaban J connectivity index is 2.11. The van der Waals surface area contributed by atoms with E-state index in [2.05, 4.69) is 0 Å². The van der Waals surface area contributed by atoms with Crippen LogP contribution in [-0.2, 0) is 6.18 Å². The van der Waals surface area contributed by atoms with Crippen molar-refractivity contribution in [1.29, 1.82) is 0 Å². The number of aliphatic hydroxyl groups is 1. The smallest absolute Gasteiger partial charge is 0.419 e. The van der Waals surface area contributed by atoms with Crippen LogP contribution in [0.25, 0.3) is 0 Å². The van der Waals surface area contributed by atoms with Crippen molar-refractivity contribution in [3.8, 4) is 5.75 Å². The van der Waals surface area contributed by atoms with Gasteiger partial charge in [0.1, 0.15) is 12.4 Å². The Hall–Kier alpha value is -1.27. The number of halogens is 3. The maximum Gasteiger partial charge on any atom is 0.419 e. The molecule has 0 spiro atoms. The molecule has 1 aliphatic rings. The van der Waals surface area contributed by atoms with Crippen molar-refractivity contribution in [2.24, 2.45) is 11.7 Å². The van der Waals surface area contributed by atoms with Crippen molar-refractivity contribution >= 4 is 0 Å². The second kappa shape index (κ2) is 5.02. The molecule has 0 bridgehead atoms. The SMILES string of the molecule is NC(CO)(COc1ccccc1C(F)(F)F)C1CC1. The highest BCUT2D eigenvalue weighted by Crippen LogP contribution is 2.40. The van der Waals surface area contributed by atoms with Crippen LogP contribution in [0.3, 0.4) is 0 Å². The standard InChI is InChI=1S/C13H16F3NO2/c14-13(15,16)10-3-1-2-4-11(10)19-8-12(17,7-18)9-5-6-9/h1-4,9,18H,5-8,17H2. The fourth-order valence-corrected chi connectivity index (χ4v) is 1.99. The van der Waals surface area contributed by atoms with Gasteiger partial charge in [0.25, 0.3) is 0 Å². The van der Waals surface area contributed by atoms with Crippen molar-refractivity contribution in [2.75, 3.05) is 13.2 Å². The zero-order valence-corrected chi connectivity index (χ0v) is 10.3. The first-order valence-corrected chi connectivity index (χ1v) is 6.05. The number of hydrogen-bond acceptors (Lipinski definition) is 3. The van der Waals surface area contributed by atoms with Gasteiger partial charge in [0.15, 0.2) is 0 Å². The molecule has 3 N–H and O–H groups in total. The van der Waals surface area contributed by atoms with Gasteiger partial charge in [-0.1, -0.05) is 12.1 Å². The van der Waals surface area contributed by atoms with E-state index in [1.54, 1.807) is 0 Å². The Morgan fingerprint density at radius 3 is 2.42 bits per heavy atom. The number of ether oxygens (including phenoxy) is 1. The first kappa shape index (κ1) is 14.1.